The van der Waals surface area contributed by atoms with E-state index in [1.165, 1.54) is 0 Å². The van der Waals surface area contributed by atoms with E-state index in [0.29, 0.717) is 45.1 Å². The molecule has 13 nitrogen and oxygen atoms in total. The summed E-state index contributed by atoms with van der Waals surface area (Å²) in [4.78, 5) is 51.8. The molecule has 0 unspecified atom stereocenters. The average Bonchev–Trinajstić information content (AvgIpc) is 3.00. The zero-order chi connectivity index (χ0) is 32.4. The van der Waals surface area contributed by atoms with Crippen LogP contribution in [0.4, 0.5) is 0 Å². The molecule has 240 valence electrons. The molecular weight excluding hydrogens is 562 g/mol. The molecule has 44 heavy (non-hydrogen) atoms. The summed E-state index contributed by atoms with van der Waals surface area (Å²) in [5.41, 5.74) is 22.9. The lowest BCUT2D eigenvalue weighted by Gasteiger charge is -2.33. The van der Waals surface area contributed by atoms with Crippen LogP contribution in [-0.2, 0) is 32.0 Å². The highest BCUT2D eigenvalue weighted by molar-refractivity contribution is 5.91. The number of guanidine groups is 1. The van der Waals surface area contributed by atoms with Crippen LogP contribution >= 0.6 is 0 Å². The van der Waals surface area contributed by atoms with Gasteiger partial charge >= 0.3 is 0 Å². The fourth-order valence-electron chi connectivity index (χ4n) is 4.74. The summed E-state index contributed by atoms with van der Waals surface area (Å²) in [6.07, 6.45) is 3.35. The number of hydrogen-bond acceptors (Lipinski definition) is 8. The highest BCUT2D eigenvalue weighted by Crippen LogP contribution is 2.14. The van der Waals surface area contributed by atoms with Gasteiger partial charge in [-0.3, -0.25) is 19.8 Å². The highest BCUT2D eigenvalue weighted by Gasteiger charge is 2.36. The lowest BCUT2D eigenvalue weighted by atomic mass is 9.90. The largest absolute Gasteiger partial charge is 0.370 e. The maximum absolute atomic E-state index is 13.8. The predicted octanol–water partition coefficient (Wildman–Crippen LogP) is -0.826. The van der Waals surface area contributed by atoms with Crippen LogP contribution in [0, 0.1) is 5.41 Å². The van der Waals surface area contributed by atoms with Crippen LogP contribution in [0.1, 0.15) is 43.2 Å². The van der Waals surface area contributed by atoms with Crippen molar-refractivity contribution in [2.24, 2.45) is 22.9 Å². The third-order valence-electron chi connectivity index (χ3n) is 7.17. The highest BCUT2D eigenvalue weighted by atomic mass is 16.2. The zero-order valence-corrected chi connectivity index (χ0v) is 25.1. The number of benzene rings is 2. The number of carbonyl (C=O) groups excluding carboxylic acids is 4. The lowest BCUT2D eigenvalue weighted by molar-refractivity contribution is -0.132. The second-order valence-corrected chi connectivity index (χ2v) is 10.9. The van der Waals surface area contributed by atoms with Crippen LogP contribution in [0.15, 0.2) is 60.7 Å². The van der Waals surface area contributed by atoms with E-state index < -0.39 is 41.4 Å². The molecule has 0 heterocycles. The summed E-state index contributed by atoms with van der Waals surface area (Å²) in [5.74, 6) is -1.93. The smallest absolute Gasteiger partial charge is 0.243 e. The zero-order valence-electron chi connectivity index (χ0n) is 25.1. The Labute approximate surface area is 258 Å². The molecule has 0 bridgehead atoms. The number of aldehydes is 1. The van der Waals surface area contributed by atoms with E-state index in [0.717, 1.165) is 11.1 Å². The molecule has 3 amide bonds. The van der Waals surface area contributed by atoms with Gasteiger partial charge in [0, 0.05) is 19.5 Å². The average molecular weight is 610 g/mol. The van der Waals surface area contributed by atoms with Crippen molar-refractivity contribution < 1.29 is 19.2 Å². The second kappa shape index (κ2) is 19.1. The van der Waals surface area contributed by atoms with Crippen LogP contribution in [0.25, 0.3) is 0 Å². The van der Waals surface area contributed by atoms with Gasteiger partial charge in [0.1, 0.15) is 17.9 Å². The Morgan fingerprint density at radius 1 is 0.864 bits per heavy atom. The Bertz CT molecular complexity index is 1200. The van der Waals surface area contributed by atoms with Crippen molar-refractivity contribution in [3.63, 3.8) is 0 Å². The summed E-state index contributed by atoms with van der Waals surface area (Å²) in [7, 11) is 0. The van der Waals surface area contributed by atoms with E-state index in [2.05, 4.69) is 21.3 Å². The Kier molecular flexibility index (Phi) is 15.5. The molecule has 0 saturated carbocycles. The maximum atomic E-state index is 13.8. The number of primary amides is 1. The van der Waals surface area contributed by atoms with Gasteiger partial charge in [-0.15, -0.1) is 0 Å². The summed E-state index contributed by atoms with van der Waals surface area (Å²) in [6.45, 7) is 0.670. The molecule has 0 spiro atoms. The molecule has 0 fully saturated rings. The van der Waals surface area contributed by atoms with Gasteiger partial charge < -0.3 is 49.0 Å². The molecule has 13 heteroatoms. The first kappa shape index (κ1) is 35.9. The summed E-state index contributed by atoms with van der Waals surface area (Å²) < 4.78 is 0. The lowest BCUT2D eigenvalue weighted by Crippen LogP contribution is -2.63. The molecule has 0 aromatic heterocycles. The van der Waals surface area contributed by atoms with Gasteiger partial charge in [0.15, 0.2) is 5.96 Å². The standard InChI is InChI=1S/C31H47N9O4/c32-16-8-7-14-25(27(34)42)38-20-31(21-41,19-23-12-5-2-6-13-23)40-29(44)26(15-9-17-37-30(35)36)39-28(43)24(33)18-22-10-3-1-4-11-22/h1-6,10-13,21,24-26,38H,7-9,14-20,32-33H2,(H2,34,42)(H,39,43)(H,40,44)(H4,35,36,37)/t24-,25-,26+,31+/m0/s1. The minimum absolute atomic E-state index is 0.0898. The molecule has 0 radical (unpaired) electrons. The van der Waals surface area contributed by atoms with E-state index in [1.54, 1.807) is 0 Å². The van der Waals surface area contributed by atoms with Crippen molar-refractivity contribution in [2.75, 3.05) is 19.6 Å². The number of unbranched alkanes of at least 4 members (excludes halogenated alkanes) is 1. The molecule has 0 aliphatic carbocycles. The maximum Gasteiger partial charge on any atom is 0.243 e. The van der Waals surface area contributed by atoms with Crippen LogP contribution < -0.4 is 44.2 Å². The van der Waals surface area contributed by atoms with E-state index >= 15 is 0 Å². The first-order chi connectivity index (χ1) is 21.1. The number of amides is 3. The van der Waals surface area contributed by atoms with Crippen LogP contribution in [0.3, 0.4) is 0 Å². The fraction of sp³-hybridized carbons (Fsp3) is 0.452. The Morgan fingerprint density at radius 3 is 2.05 bits per heavy atom. The fourth-order valence-corrected chi connectivity index (χ4v) is 4.74. The SMILES string of the molecule is N=C(N)NCCC[C@@H](NC(=O)[C@@H](N)Cc1ccccc1)C(=O)N[C@@](C=O)(CN[C@@H](CCCCN)C(N)=O)Cc1ccccc1. The number of nitrogens with two attached hydrogens (primary N) is 4. The topological polar surface area (TPSA) is 244 Å². The molecule has 4 atom stereocenters. The van der Waals surface area contributed by atoms with Gasteiger partial charge in [-0.2, -0.15) is 0 Å². The van der Waals surface area contributed by atoms with Crippen LogP contribution in [-0.4, -0.2) is 73.3 Å². The van der Waals surface area contributed by atoms with E-state index in [4.69, 9.17) is 28.3 Å². The monoisotopic (exact) mass is 609 g/mol. The van der Waals surface area contributed by atoms with Gasteiger partial charge in [0.25, 0.3) is 0 Å². The quantitative estimate of drug-likeness (QED) is 0.0371. The molecule has 0 aliphatic rings. The second-order valence-electron chi connectivity index (χ2n) is 10.9. The number of carbonyl (C=O) groups is 4. The van der Waals surface area contributed by atoms with Gasteiger partial charge in [-0.25, -0.2) is 0 Å². The van der Waals surface area contributed by atoms with Gasteiger partial charge in [0.2, 0.25) is 17.7 Å². The van der Waals surface area contributed by atoms with Crippen molar-refractivity contribution in [1.82, 2.24) is 21.3 Å². The minimum Gasteiger partial charge on any atom is -0.370 e. The van der Waals surface area contributed by atoms with Crippen molar-refractivity contribution in [2.45, 2.75) is 68.6 Å². The van der Waals surface area contributed by atoms with Crippen LogP contribution in [0.2, 0.25) is 0 Å². The van der Waals surface area contributed by atoms with Gasteiger partial charge in [-0.05, 0) is 49.8 Å². The van der Waals surface area contributed by atoms with E-state index in [-0.39, 0.29) is 31.8 Å². The van der Waals surface area contributed by atoms with Crippen molar-refractivity contribution in [1.29, 1.82) is 5.41 Å². The summed E-state index contributed by atoms with van der Waals surface area (Å²) in [6, 6.07) is 15.7. The third-order valence-corrected chi connectivity index (χ3v) is 7.17. The Balaban J connectivity index is 2.28. The normalized spacial score (nSPS) is 14.3. The first-order valence-corrected chi connectivity index (χ1v) is 14.8. The number of hydrogen-bond donors (Lipinski definition) is 9. The van der Waals surface area contributed by atoms with E-state index in [1.807, 2.05) is 60.7 Å². The van der Waals surface area contributed by atoms with Crippen molar-refractivity contribution in [3.05, 3.63) is 71.8 Å². The predicted molar refractivity (Wildman–Crippen MR) is 170 cm³/mol. The van der Waals surface area contributed by atoms with E-state index in [9.17, 15) is 19.2 Å². The first-order valence-electron chi connectivity index (χ1n) is 14.8. The molecule has 13 N–H and O–H groups in total. The van der Waals surface area contributed by atoms with Gasteiger partial charge in [-0.1, -0.05) is 67.1 Å². The molecule has 0 aliphatic heterocycles. The number of rotatable bonds is 21. The van der Waals surface area contributed by atoms with Crippen molar-refractivity contribution >= 4 is 30.0 Å². The molecular formula is C31H47N9O4. The Hall–Kier alpha value is -4.33. The Morgan fingerprint density at radius 2 is 1.48 bits per heavy atom. The van der Waals surface area contributed by atoms with Crippen LogP contribution in [0.5, 0.6) is 0 Å². The third kappa shape index (κ3) is 12.9. The molecule has 0 saturated heterocycles. The summed E-state index contributed by atoms with van der Waals surface area (Å²) >= 11 is 0. The molecule has 2 aromatic carbocycles. The van der Waals surface area contributed by atoms with Crippen molar-refractivity contribution in [3.8, 4) is 0 Å². The minimum atomic E-state index is -1.48. The molecule has 2 rings (SSSR count). The summed E-state index contributed by atoms with van der Waals surface area (Å²) in [5, 5.41) is 18.7. The molecule has 2 aromatic rings. The van der Waals surface area contributed by atoms with Gasteiger partial charge in [0.05, 0.1) is 12.1 Å². The number of nitrogens with one attached hydrogen (secondary N) is 5.